The molecule has 1 aliphatic rings. The molecule has 156 valence electrons. The predicted molar refractivity (Wildman–Crippen MR) is 98.8 cm³/mol. The van der Waals surface area contributed by atoms with E-state index in [2.05, 4.69) is 10.1 Å². The number of furan rings is 1. The molecular weight excluding hydrogens is 386 g/mol. The van der Waals surface area contributed by atoms with Gasteiger partial charge in [-0.15, -0.1) is 0 Å². The van der Waals surface area contributed by atoms with E-state index in [1.807, 2.05) is 0 Å². The molecule has 0 saturated carbocycles. The number of para-hydroxylation sites is 1. The van der Waals surface area contributed by atoms with E-state index in [9.17, 15) is 18.4 Å². The second-order valence-corrected chi connectivity index (χ2v) is 6.58. The molecule has 7 nitrogen and oxygen atoms in total. The fraction of sp³-hybridized carbons (Fsp3) is 0.400. The van der Waals surface area contributed by atoms with Crippen LogP contribution in [-0.2, 0) is 11.3 Å². The summed E-state index contributed by atoms with van der Waals surface area (Å²) >= 11 is 0. The fourth-order valence-electron chi connectivity index (χ4n) is 3.30. The zero-order valence-electron chi connectivity index (χ0n) is 15.9. The minimum Gasteiger partial charge on any atom is -0.493 e. The van der Waals surface area contributed by atoms with Gasteiger partial charge in [-0.3, -0.25) is 9.59 Å². The van der Waals surface area contributed by atoms with E-state index in [-0.39, 0.29) is 28.9 Å². The summed E-state index contributed by atoms with van der Waals surface area (Å²) in [5.41, 5.74) is 0.00497. The van der Waals surface area contributed by atoms with Crippen molar-refractivity contribution in [2.75, 3.05) is 20.2 Å². The highest BCUT2D eigenvalue weighted by atomic mass is 19.3. The number of methoxy groups -OCH3 is 1. The number of nitrogens with one attached hydrogen (secondary N) is 1. The third-order valence-corrected chi connectivity index (χ3v) is 4.81. The van der Waals surface area contributed by atoms with Crippen molar-refractivity contribution in [3.8, 4) is 11.5 Å². The molecule has 2 amide bonds. The number of carbonyl (C=O) groups is 2. The van der Waals surface area contributed by atoms with Crippen LogP contribution < -0.4 is 14.8 Å². The van der Waals surface area contributed by atoms with Crippen LogP contribution in [0.1, 0.15) is 29.0 Å². The zero-order valence-corrected chi connectivity index (χ0v) is 15.9. The van der Waals surface area contributed by atoms with Gasteiger partial charge in [0.2, 0.25) is 5.91 Å². The van der Waals surface area contributed by atoms with E-state index in [0.29, 0.717) is 38.2 Å². The molecule has 0 spiro atoms. The number of amides is 2. The van der Waals surface area contributed by atoms with Gasteiger partial charge in [0.05, 0.1) is 25.5 Å². The van der Waals surface area contributed by atoms with Gasteiger partial charge < -0.3 is 24.1 Å². The summed E-state index contributed by atoms with van der Waals surface area (Å²) in [5, 5.41) is 2.82. The fourth-order valence-corrected chi connectivity index (χ4v) is 3.30. The standard InChI is InChI=1S/C20H22F2N2O5/c1-27-16-6-2-5-15(17(16)29-20(21)22)19(26)24-9-7-13(8-10-24)18(25)23-12-14-4-3-11-28-14/h2-6,11,13,20H,7-10,12H2,1H3,(H,23,25). The Kier molecular flexibility index (Phi) is 6.69. The van der Waals surface area contributed by atoms with Gasteiger partial charge in [-0.05, 0) is 37.1 Å². The van der Waals surface area contributed by atoms with Crippen LogP contribution >= 0.6 is 0 Å². The third kappa shape index (κ3) is 5.04. The molecule has 0 radical (unpaired) electrons. The molecule has 9 heteroatoms. The van der Waals surface area contributed by atoms with Crippen LogP contribution in [0.4, 0.5) is 8.78 Å². The summed E-state index contributed by atoms with van der Waals surface area (Å²) < 4.78 is 40.3. The highest BCUT2D eigenvalue weighted by molar-refractivity contribution is 5.98. The lowest BCUT2D eigenvalue weighted by Gasteiger charge is -2.31. The summed E-state index contributed by atoms with van der Waals surface area (Å²) in [5.74, 6) is -0.325. The highest BCUT2D eigenvalue weighted by Crippen LogP contribution is 2.34. The molecule has 0 atom stereocenters. The van der Waals surface area contributed by atoms with Crippen LogP contribution in [0.2, 0.25) is 0 Å². The first-order valence-electron chi connectivity index (χ1n) is 9.20. The van der Waals surface area contributed by atoms with E-state index in [0.717, 1.165) is 0 Å². The van der Waals surface area contributed by atoms with Gasteiger partial charge in [0.1, 0.15) is 5.76 Å². The van der Waals surface area contributed by atoms with Crippen LogP contribution in [0, 0.1) is 5.92 Å². The normalized spacial score (nSPS) is 14.7. The average molecular weight is 408 g/mol. The van der Waals surface area contributed by atoms with E-state index in [4.69, 9.17) is 9.15 Å². The molecule has 29 heavy (non-hydrogen) atoms. The first-order valence-corrected chi connectivity index (χ1v) is 9.20. The number of nitrogens with zero attached hydrogens (tertiary/aromatic N) is 1. The first-order chi connectivity index (χ1) is 14.0. The number of hydrogen-bond donors (Lipinski definition) is 1. The lowest BCUT2D eigenvalue weighted by Crippen LogP contribution is -2.43. The maximum atomic E-state index is 12.9. The molecule has 2 aromatic rings. The molecule has 2 heterocycles. The topological polar surface area (TPSA) is 81.0 Å². The summed E-state index contributed by atoms with van der Waals surface area (Å²) in [6.07, 6.45) is 2.49. The van der Waals surface area contributed by atoms with Crippen molar-refractivity contribution in [1.82, 2.24) is 10.2 Å². The lowest BCUT2D eigenvalue weighted by atomic mass is 9.95. The van der Waals surface area contributed by atoms with Crippen LogP contribution in [0.25, 0.3) is 0 Å². The van der Waals surface area contributed by atoms with Gasteiger partial charge in [0.15, 0.2) is 11.5 Å². The summed E-state index contributed by atoms with van der Waals surface area (Å²) in [6.45, 7) is -2.10. The SMILES string of the molecule is COc1cccc(C(=O)N2CCC(C(=O)NCc3ccco3)CC2)c1OC(F)F. The largest absolute Gasteiger partial charge is 0.493 e. The Balaban J connectivity index is 1.60. The van der Waals surface area contributed by atoms with E-state index >= 15 is 0 Å². The Labute approximate surface area is 166 Å². The van der Waals surface area contributed by atoms with Crippen molar-refractivity contribution >= 4 is 11.8 Å². The van der Waals surface area contributed by atoms with Crippen LogP contribution in [0.5, 0.6) is 11.5 Å². The van der Waals surface area contributed by atoms with E-state index in [1.54, 1.807) is 18.2 Å². The molecule has 1 N–H and O–H groups in total. The Morgan fingerprint density at radius 2 is 2.00 bits per heavy atom. The Bertz CT molecular complexity index is 833. The van der Waals surface area contributed by atoms with Gasteiger partial charge in [-0.2, -0.15) is 8.78 Å². The number of carbonyl (C=O) groups excluding carboxylic acids is 2. The quantitative estimate of drug-likeness (QED) is 0.762. The minimum absolute atomic E-state index is 0.00497. The van der Waals surface area contributed by atoms with Crippen molar-refractivity contribution < 1.29 is 32.3 Å². The van der Waals surface area contributed by atoms with E-state index in [1.165, 1.54) is 30.4 Å². The molecular formula is C20H22F2N2O5. The third-order valence-electron chi connectivity index (χ3n) is 4.81. The van der Waals surface area contributed by atoms with E-state index < -0.39 is 12.5 Å². The minimum atomic E-state index is -3.08. The number of piperidine rings is 1. The second-order valence-electron chi connectivity index (χ2n) is 6.58. The Morgan fingerprint density at radius 3 is 2.62 bits per heavy atom. The first kappa shape index (κ1) is 20.6. The van der Waals surface area contributed by atoms with Crippen LogP contribution in [0.15, 0.2) is 41.0 Å². The molecule has 1 aromatic carbocycles. The predicted octanol–water partition coefficient (Wildman–Crippen LogP) is 3.06. The molecule has 0 aliphatic carbocycles. The molecule has 1 fully saturated rings. The molecule has 3 rings (SSSR count). The number of alkyl halides is 2. The number of ether oxygens (including phenoxy) is 2. The summed E-state index contributed by atoms with van der Waals surface area (Å²) in [7, 11) is 1.31. The van der Waals surface area contributed by atoms with Crippen molar-refractivity contribution in [2.24, 2.45) is 5.92 Å². The monoisotopic (exact) mass is 408 g/mol. The molecule has 1 aromatic heterocycles. The van der Waals surface area contributed by atoms with Crippen molar-refractivity contribution in [3.05, 3.63) is 47.9 Å². The number of hydrogen-bond acceptors (Lipinski definition) is 5. The van der Waals surface area contributed by atoms with Crippen molar-refractivity contribution in [2.45, 2.75) is 26.0 Å². The van der Waals surface area contributed by atoms with Crippen LogP contribution in [0.3, 0.4) is 0 Å². The smallest absolute Gasteiger partial charge is 0.387 e. The zero-order chi connectivity index (χ0) is 20.8. The second kappa shape index (κ2) is 9.40. The van der Waals surface area contributed by atoms with Gasteiger partial charge in [-0.25, -0.2) is 0 Å². The van der Waals surface area contributed by atoms with Gasteiger partial charge in [0, 0.05) is 19.0 Å². The van der Waals surface area contributed by atoms with Crippen molar-refractivity contribution in [1.29, 1.82) is 0 Å². The lowest BCUT2D eigenvalue weighted by molar-refractivity contribution is -0.126. The van der Waals surface area contributed by atoms with Crippen molar-refractivity contribution in [3.63, 3.8) is 0 Å². The van der Waals surface area contributed by atoms with Gasteiger partial charge in [-0.1, -0.05) is 6.07 Å². The Morgan fingerprint density at radius 1 is 1.24 bits per heavy atom. The van der Waals surface area contributed by atoms with Gasteiger partial charge in [0.25, 0.3) is 5.91 Å². The highest BCUT2D eigenvalue weighted by Gasteiger charge is 2.30. The number of likely N-dealkylation sites (tertiary alicyclic amines) is 1. The Hall–Kier alpha value is -3.10. The molecule has 1 saturated heterocycles. The molecule has 0 unspecified atom stereocenters. The summed E-state index contributed by atoms with van der Waals surface area (Å²) in [6, 6.07) is 7.93. The molecule has 1 aliphatic heterocycles. The number of halogens is 2. The maximum absolute atomic E-state index is 12.9. The number of benzene rings is 1. The van der Waals surface area contributed by atoms with Gasteiger partial charge >= 0.3 is 6.61 Å². The molecule has 0 bridgehead atoms. The maximum Gasteiger partial charge on any atom is 0.387 e. The average Bonchev–Trinajstić information content (AvgIpc) is 3.25. The summed E-state index contributed by atoms with van der Waals surface area (Å²) in [4.78, 5) is 26.7. The van der Waals surface area contributed by atoms with Crippen LogP contribution in [-0.4, -0.2) is 43.5 Å². The number of rotatable bonds is 7.